The van der Waals surface area contributed by atoms with Gasteiger partial charge in [-0.3, -0.25) is 4.79 Å². The standard InChI is InChI=1S/C18H25N3O2/c1-12-8-9-16-14(10-12)20-18(23-16)21-15(17(22)19-2)11-13-6-4-3-5-7-13/h8-10,13,15H,3-7,11H2,1-2H3,(H,19,22)(H,20,21)/t15-/m0/s1. The highest BCUT2D eigenvalue weighted by Gasteiger charge is 2.25. The molecule has 124 valence electrons. The number of hydrogen-bond acceptors (Lipinski definition) is 4. The molecule has 1 aliphatic carbocycles. The van der Waals surface area contributed by atoms with Crippen molar-refractivity contribution in [3.63, 3.8) is 0 Å². The summed E-state index contributed by atoms with van der Waals surface area (Å²) in [7, 11) is 1.67. The van der Waals surface area contributed by atoms with Gasteiger partial charge in [-0.2, -0.15) is 4.98 Å². The number of anilines is 1. The Morgan fingerprint density at radius 1 is 1.35 bits per heavy atom. The maximum absolute atomic E-state index is 12.2. The van der Waals surface area contributed by atoms with Crippen LogP contribution in [0, 0.1) is 12.8 Å². The normalized spacial score (nSPS) is 17.1. The fourth-order valence-corrected chi connectivity index (χ4v) is 3.41. The Morgan fingerprint density at radius 2 is 2.13 bits per heavy atom. The van der Waals surface area contributed by atoms with Gasteiger partial charge in [-0.25, -0.2) is 0 Å². The molecule has 1 aromatic carbocycles. The van der Waals surface area contributed by atoms with E-state index in [0.29, 0.717) is 11.9 Å². The molecule has 0 unspecified atom stereocenters. The van der Waals surface area contributed by atoms with E-state index >= 15 is 0 Å². The highest BCUT2D eigenvalue weighted by Crippen LogP contribution is 2.28. The Balaban J connectivity index is 1.74. The van der Waals surface area contributed by atoms with Crippen molar-refractivity contribution in [2.75, 3.05) is 12.4 Å². The minimum atomic E-state index is -0.294. The van der Waals surface area contributed by atoms with Gasteiger partial charge in [0.05, 0.1) is 0 Å². The van der Waals surface area contributed by atoms with Crippen LogP contribution in [0.2, 0.25) is 0 Å². The Bertz CT molecular complexity index is 674. The van der Waals surface area contributed by atoms with Crippen LogP contribution in [0.3, 0.4) is 0 Å². The number of aryl methyl sites for hydroxylation is 1. The SMILES string of the molecule is CNC(=O)[C@H](CC1CCCCC1)Nc1nc2cc(C)ccc2o1. The molecule has 0 bridgehead atoms. The molecular formula is C18H25N3O2. The number of nitrogens with one attached hydrogen (secondary N) is 2. The van der Waals surface area contributed by atoms with Gasteiger partial charge in [0, 0.05) is 7.05 Å². The molecule has 1 fully saturated rings. The number of carbonyl (C=O) groups excluding carboxylic acids is 1. The molecule has 1 aliphatic rings. The third kappa shape index (κ3) is 3.84. The van der Waals surface area contributed by atoms with Crippen molar-refractivity contribution in [1.82, 2.24) is 10.3 Å². The lowest BCUT2D eigenvalue weighted by atomic mass is 9.84. The predicted octanol–water partition coefficient (Wildman–Crippen LogP) is 3.63. The van der Waals surface area contributed by atoms with Gasteiger partial charge in [-0.15, -0.1) is 0 Å². The van der Waals surface area contributed by atoms with E-state index in [2.05, 4.69) is 15.6 Å². The lowest BCUT2D eigenvalue weighted by Gasteiger charge is -2.25. The van der Waals surface area contributed by atoms with Crippen molar-refractivity contribution in [3.05, 3.63) is 23.8 Å². The molecule has 1 saturated carbocycles. The average Bonchev–Trinajstić information content (AvgIpc) is 2.96. The van der Waals surface area contributed by atoms with E-state index in [1.807, 2.05) is 25.1 Å². The quantitative estimate of drug-likeness (QED) is 0.884. The monoisotopic (exact) mass is 315 g/mol. The van der Waals surface area contributed by atoms with Crippen molar-refractivity contribution in [1.29, 1.82) is 0 Å². The Labute approximate surface area is 136 Å². The predicted molar refractivity (Wildman–Crippen MR) is 91.4 cm³/mol. The Morgan fingerprint density at radius 3 is 2.87 bits per heavy atom. The van der Waals surface area contributed by atoms with Crippen LogP contribution in [0.5, 0.6) is 0 Å². The Kier molecular flexibility index (Phi) is 4.84. The summed E-state index contributed by atoms with van der Waals surface area (Å²) >= 11 is 0. The molecule has 2 N–H and O–H groups in total. The largest absolute Gasteiger partial charge is 0.424 e. The first kappa shape index (κ1) is 15.8. The molecule has 1 heterocycles. The molecule has 0 spiro atoms. The van der Waals surface area contributed by atoms with Crippen molar-refractivity contribution in [2.24, 2.45) is 5.92 Å². The van der Waals surface area contributed by atoms with Crippen LogP contribution < -0.4 is 10.6 Å². The van der Waals surface area contributed by atoms with Crippen LogP contribution >= 0.6 is 0 Å². The minimum absolute atomic E-state index is 0.00555. The van der Waals surface area contributed by atoms with Crippen molar-refractivity contribution >= 4 is 23.0 Å². The van der Waals surface area contributed by atoms with Gasteiger partial charge in [0.15, 0.2) is 5.58 Å². The molecule has 23 heavy (non-hydrogen) atoms. The van der Waals surface area contributed by atoms with Crippen LogP contribution in [-0.2, 0) is 4.79 Å². The number of amides is 1. The lowest BCUT2D eigenvalue weighted by molar-refractivity contribution is -0.121. The first-order chi connectivity index (χ1) is 11.2. The fourth-order valence-electron chi connectivity index (χ4n) is 3.41. The van der Waals surface area contributed by atoms with Crippen LogP contribution in [-0.4, -0.2) is 24.0 Å². The van der Waals surface area contributed by atoms with Crippen LogP contribution in [0.25, 0.3) is 11.1 Å². The highest BCUT2D eigenvalue weighted by atomic mass is 16.4. The molecule has 3 rings (SSSR count). The second-order valence-electron chi connectivity index (χ2n) is 6.54. The zero-order chi connectivity index (χ0) is 16.2. The number of carbonyl (C=O) groups is 1. The van der Waals surface area contributed by atoms with E-state index < -0.39 is 0 Å². The minimum Gasteiger partial charge on any atom is -0.424 e. The molecule has 2 aromatic rings. The number of hydrogen-bond donors (Lipinski definition) is 2. The van der Waals surface area contributed by atoms with E-state index in [1.54, 1.807) is 7.05 Å². The van der Waals surface area contributed by atoms with Crippen molar-refractivity contribution < 1.29 is 9.21 Å². The van der Waals surface area contributed by atoms with E-state index in [1.165, 1.54) is 32.1 Å². The molecule has 5 nitrogen and oxygen atoms in total. The summed E-state index contributed by atoms with van der Waals surface area (Å²) < 4.78 is 5.74. The third-order valence-electron chi connectivity index (χ3n) is 4.70. The summed E-state index contributed by atoms with van der Waals surface area (Å²) in [4.78, 5) is 16.7. The van der Waals surface area contributed by atoms with Gasteiger partial charge < -0.3 is 15.1 Å². The summed E-state index contributed by atoms with van der Waals surface area (Å²) in [6.07, 6.45) is 7.11. The van der Waals surface area contributed by atoms with Gasteiger partial charge in [0.1, 0.15) is 11.6 Å². The first-order valence-corrected chi connectivity index (χ1v) is 8.51. The lowest BCUT2D eigenvalue weighted by Crippen LogP contribution is -2.39. The van der Waals surface area contributed by atoms with Gasteiger partial charge in [0.2, 0.25) is 5.91 Å². The third-order valence-corrected chi connectivity index (χ3v) is 4.70. The summed E-state index contributed by atoms with van der Waals surface area (Å²) in [6, 6.07) is 6.03. The molecule has 1 atom stereocenters. The maximum Gasteiger partial charge on any atom is 0.296 e. The molecule has 0 radical (unpaired) electrons. The number of benzene rings is 1. The molecule has 1 amide bonds. The van der Waals surface area contributed by atoms with Gasteiger partial charge in [0.25, 0.3) is 6.01 Å². The van der Waals surface area contributed by atoms with E-state index in [0.717, 1.165) is 23.1 Å². The van der Waals surface area contributed by atoms with Gasteiger partial charge in [-0.1, -0.05) is 38.2 Å². The van der Waals surface area contributed by atoms with E-state index in [9.17, 15) is 4.79 Å². The maximum atomic E-state index is 12.2. The second kappa shape index (κ2) is 7.02. The fraction of sp³-hybridized carbons (Fsp3) is 0.556. The van der Waals surface area contributed by atoms with Crippen LogP contribution in [0.1, 0.15) is 44.1 Å². The molecule has 0 saturated heterocycles. The zero-order valence-electron chi connectivity index (χ0n) is 13.9. The summed E-state index contributed by atoms with van der Waals surface area (Å²) in [6.45, 7) is 2.03. The first-order valence-electron chi connectivity index (χ1n) is 8.51. The van der Waals surface area contributed by atoms with Gasteiger partial charge in [-0.05, 0) is 37.0 Å². The van der Waals surface area contributed by atoms with Crippen molar-refractivity contribution in [2.45, 2.75) is 51.5 Å². The molecule has 1 aromatic heterocycles. The molecule has 0 aliphatic heterocycles. The highest BCUT2D eigenvalue weighted by molar-refractivity contribution is 5.84. The van der Waals surface area contributed by atoms with Crippen molar-refractivity contribution in [3.8, 4) is 0 Å². The molecular weight excluding hydrogens is 290 g/mol. The number of rotatable bonds is 5. The topological polar surface area (TPSA) is 67.2 Å². The van der Waals surface area contributed by atoms with Crippen LogP contribution in [0.15, 0.2) is 22.6 Å². The van der Waals surface area contributed by atoms with E-state index in [4.69, 9.17) is 4.42 Å². The number of nitrogens with zero attached hydrogens (tertiary/aromatic N) is 1. The summed E-state index contributed by atoms with van der Waals surface area (Å²) in [5.41, 5.74) is 2.70. The summed E-state index contributed by atoms with van der Waals surface area (Å²) in [5.74, 6) is 0.596. The summed E-state index contributed by atoms with van der Waals surface area (Å²) in [5, 5.41) is 5.94. The number of fused-ring (bicyclic) bond motifs is 1. The smallest absolute Gasteiger partial charge is 0.296 e. The number of likely N-dealkylation sites (N-methyl/N-ethyl adjacent to an activating group) is 1. The number of aromatic nitrogens is 1. The second-order valence-corrected chi connectivity index (χ2v) is 6.54. The number of oxazole rings is 1. The van der Waals surface area contributed by atoms with Crippen LogP contribution in [0.4, 0.5) is 6.01 Å². The van der Waals surface area contributed by atoms with Gasteiger partial charge >= 0.3 is 0 Å². The average molecular weight is 315 g/mol. The molecule has 5 heteroatoms. The Hall–Kier alpha value is -2.04. The zero-order valence-corrected chi connectivity index (χ0v) is 13.9. The van der Waals surface area contributed by atoms with E-state index in [-0.39, 0.29) is 11.9 Å².